The molecule has 0 N–H and O–H groups in total. The topological polar surface area (TPSA) is 66.4 Å². The van der Waals surface area contributed by atoms with Gasteiger partial charge in [-0.2, -0.15) is 0 Å². The van der Waals surface area contributed by atoms with E-state index in [1.54, 1.807) is 0 Å². The summed E-state index contributed by atoms with van der Waals surface area (Å²) < 4.78 is 37.0. The van der Waals surface area contributed by atoms with E-state index in [-0.39, 0.29) is 29.6 Å². The summed E-state index contributed by atoms with van der Waals surface area (Å²) in [5.74, 6) is 0. The molecule has 1 unspecified atom stereocenters. The van der Waals surface area contributed by atoms with Crippen molar-refractivity contribution in [3.63, 3.8) is 0 Å². The van der Waals surface area contributed by atoms with Crippen LogP contribution in [0.5, 0.6) is 0 Å². The zero-order chi connectivity index (χ0) is 18.8. The maximum atomic E-state index is 10.6. The van der Waals surface area contributed by atoms with Crippen LogP contribution in [0.25, 0.3) is 0 Å². The van der Waals surface area contributed by atoms with Gasteiger partial charge in [-0.25, -0.2) is 8.42 Å². The van der Waals surface area contributed by atoms with Gasteiger partial charge in [-0.15, -0.1) is 0 Å². The van der Waals surface area contributed by atoms with Crippen LogP contribution in [0.15, 0.2) is 12.2 Å². The molecule has 0 fully saturated rings. The van der Waals surface area contributed by atoms with Crippen molar-refractivity contribution in [1.29, 1.82) is 0 Å². The van der Waals surface area contributed by atoms with Gasteiger partial charge in [-0.1, -0.05) is 76.9 Å². The van der Waals surface area contributed by atoms with Gasteiger partial charge in [0.1, 0.15) is 15.6 Å². The minimum atomic E-state index is -4.30. The average Bonchev–Trinajstić information content (AvgIpc) is 2.56. The summed E-state index contributed by atoms with van der Waals surface area (Å²) in [4.78, 5) is 0. The van der Waals surface area contributed by atoms with Gasteiger partial charge in [0.15, 0.2) is 0 Å². The Bertz CT molecular complexity index is 410. The molecule has 0 aromatic heterocycles. The molecule has 150 valence electrons. The summed E-state index contributed by atoms with van der Waals surface area (Å²) in [6, 6.07) is 0. The van der Waals surface area contributed by atoms with Crippen LogP contribution in [0.1, 0.15) is 104 Å². The zero-order valence-corrected chi connectivity index (χ0v) is 20.2. The first-order chi connectivity index (χ1) is 12.0. The molecule has 0 aromatic rings. The van der Waals surface area contributed by atoms with Crippen molar-refractivity contribution in [1.82, 2.24) is 0 Å². The van der Waals surface area contributed by atoms with Crippen LogP contribution in [-0.4, -0.2) is 25.0 Å². The molecule has 4 nitrogen and oxygen atoms in total. The first-order valence-corrected chi connectivity index (χ1v) is 11.7. The predicted molar refractivity (Wildman–Crippen MR) is 105 cm³/mol. The molecule has 6 heteroatoms. The molecule has 0 bridgehead atoms. The summed E-state index contributed by atoms with van der Waals surface area (Å²) in [5, 5.41) is 0. The van der Waals surface area contributed by atoms with Crippen LogP contribution in [0.4, 0.5) is 0 Å². The van der Waals surface area contributed by atoms with E-state index in [9.17, 15) is 13.0 Å². The first kappa shape index (κ1) is 28.8. The number of ether oxygens (including phenoxy) is 1. The Kier molecular flexibility index (Phi) is 22.6. The molecule has 0 aliphatic rings. The Morgan fingerprint density at radius 2 is 1.23 bits per heavy atom. The van der Waals surface area contributed by atoms with Crippen molar-refractivity contribution < 1.29 is 47.3 Å². The van der Waals surface area contributed by atoms with Crippen LogP contribution in [0, 0.1) is 0 Å². The Morgan fingerprint density at radius 3 is 1.69 bits per heavy atom. The van der Waals surface area contributed by atoms with Gasteiger partial charge >= 0.3 is 29.6 Å². The van der Waals surface area contributed by atoms with Crippen molar-refractivity contribution in [2.45, 2.75) is 109 Å². The maximum absolute atomic E-state index is 10.6. The molecule has 0 amide bonds. The van der Waals surface area contributed by atoms with Crippen molar-refractivity contribution in [2.75, 3.05) is 6.61 Å². The molecule has 0 radical (unpaired) electrons. The molecule has 26 heavy (non-hydrogen) atoms. The van der Waals surface area contributed by atoms with Crippen molar-refractivity contribution in [2.24, 2.45) is 0 Å². The fourth-order valence-electron chi connectivity index (χ4n) is 2.68. The van der Waals surface area contributed by atoms with Crippen LogP contribution < -0.4 is 29.6 Å². The van der Waals surface area contributed by atoms with E-state index in [1.807, 2.05) is 0 Å². The molecule has 1 atom stereocenters. The van der Waals surface area contributed by atoms with E-state index >= 15 is 0 Å². The third kappa shape index (κ3) is 20.9. The maximum Gasteiger partial charge on any atom is 1.00 e. The van der Waals surface area contributed by atoms with E-state index in [0.29, 0.717) is 6.61 Å². The standard InChI is InChI=1S/C20H40O4S.Na/c1-3-4-5-6-7-8-9-10-11-12-13-14-15-16-17-18-19-24-20(2)25(21,22)23;/h10-11,20H,3-9,12-19H2,1-2H3,(H,21,22,23);/q;+1/p-1. The van der Waals surface area contributed by atoms with E-state index in [1.165, 1.54) is 77.6 Å². The zero-order valence-electron chi connectivity index (χ0n) is 17.4. The summed E-state index contributed by atoms with van der Waals surface area (Å²) in [6.07, 6.45) is 21.9. The summed E-state index contributed by atoms with van der Waals surface area (Å²) in [5.41, 5.74) is -1.23. The number of hydrogen-bond acceptors (Lipinski definition) is 4. The molecule has 0 aliphatic carbocycles. The molecule has 0 saturated heterocycles. The molecular weight excluding hydrogens is 359 g/mol. The van der Waals surface area contributed by atoms with Crippen LogP contribution in [0.2, 0.25) is 0 Å². The average molecular weight is 399 g/mol. The second-order valence-corrected chi connectivity index (χ2v) is 8.52. The Hall–Kier alpha value is 0.610. The minimum Gasteiger partial charge on any atom is -0.746 e. The van der Waals surface area contributed by atoms with Crippen molar-refractivity contribution in [3.05, 3.63) is 12.2 Å². The van der Waals surface area contributed by atoms with E-state index in [4.69, 9.17) is 4.74 Å². The van der Waals surface area contributed by atoms with E-state index in [0.717, 1.165) is 19.3 Å². The molecular formula is C20H39NaO4S. The fraction of sp³-hybridized carbons (Fsp3) is 0.900. The smallest absolute Gasteiger partial charge is 0.746 e. The van der Waals surface area contributed by atoms with Crippen molar-refractivity contribution in [3.8, 4) is 0 Å². The second kappa shape index (κ2) is 20.3. The summed E-state index contributed by atoms with van der Waals surface area (Å²) >= 11 is 0. The predicted octanol–water partition coefficient (Wildman–Crippen LogP) is 2.94. The van der Waals surface area contributed by atoms with E-state index < -0.39 is 15.6 Å². The Labute approximate surface area is 184 Å². The number of allylic oxidation sites excluding steroid dienone is 2. The summed E-state index contributed by atoms with van der Waals surface area (Å²) in [7, 11) is -4.30. The third-order valence-electron chi connectivity index (χ3n) is 4.42. The molecule has 0 rings (SSSR count). The van der Waals surface area contributed by atoms with Crippen LogP contribution in [-0.2, 0) is 14.9 Å². The van der Waals surface area contributed by atoms with Gasteiger partial charge in [0.25, 0.3) is 0 Å². The van der Waals surface area contributed by atoms with Gasteiger partial charge in [0.2, 0.25) is 0 Å². The minimum absolute atomic E-state index is 0. The third-order valence-corrected chi connectivity index (χ3v) is 5.36. The van der Waals surface area contributed by atoms with Crippen LogP contribution in [0.3, 0.4) is 0 Å². The first-order valence-electron chi connectivity index (χ1n) is 10.2. The SMILES string of the molecule is CCCCCCCCC=CCCCCCCCCOC(C)S(=O)(=O)[O-].[Na+]. The Balaban J connectivity index is 0. The van der Waals surface area contributed by atoms with E-state index in [2.05, 4.69) is 19.1 Å². The van der Waals surface area contributed by atoms with Gasteiger partial charge in [0, 0.05) is 6.61 Å². The summed E-state index contributed by atoms with van der Waals surface area (Å²) in [6.45, 7) is 3.90. The fourth-order valence-corrected chi connectivity index (χ4v) is 2.95. The Morgan fingerprint density at radius 1 is 0.808 bits per heavy atom. The quantitative estimate of drug-likeness (QED) is 0.154. The van der Waals surface area contributed by atoms with Gasteiger partial charge in [0.05, 0.1) is 0 Å². The van der Waals surface area contributed by atoms with Crippen molar-refractivity contribution >= 4 is 10.1 Å². The van der Waals surface area contributed by atoms with Crippen LogP contribution >= 0.6 is 0 Å². The second-order valence-electron chi connectivity index (χ2n) is 6.87. The number of unbranched alkanes of at least 4 members (excludes halogenated alkanes) is 12. The molecule has 0 saturated carbocycles. The monoisotopic (exact) mass is 398 g/mol. The molecule has 0 aliphatic heterocycles. The molecule has 0 spiro atoms. The number of hydrogen-bond donors (Lipinski definition) is 0. The number of rotatable bonds is 18. The van der Waals surface area contributed by atoms with Gasteiger partial charge < -0.3 is 9.29 Å². The normalized spacial score (nSPS) is 13.0. The van der Waals surface area contributed by atoms with Gasteiger partial charge in [-0.3, -0.25) is 0 Å². The molecule has 0 heterocycles. The largest absolute Gasteiger partial charge is 1.00 e. The van der Waals surface area contributed by atoms with Gasteiger partial charge in [-0.05, 0) is 39.0 Å². The molecule has 0 aromatic carbocycles.